The topological polar surface area (TPSA) is 68.3 Å². The first-order valence-electron chi connectivity index (χ1n) is 8.21. The minimum Gasteiger partial charge on any atom is -0.223 e. The highest BCUT2D eigenvalue weighted by Gasteiger charge is 2.41. The van der Waals surface area contributed by atoms with E-state index in [-0.39, 0.29) is 4.24 Å². The predicted octanol–water partition coefficient (Wildman–Crippen LogP) is 3.51. The lowest BCUT2D eigenvalue weighted by atomic mass is 10.0. The Bertz CT molecular complexity index is 567. The molecule has 4 nitrogen and oxygen atoms in total. The third kappa shape index (κ3) is 3.65. The molecule has 0 radical (unpaired) electrons. The number of allylic oxidation sites excluding steroid dienone is 2. The molecule has 2 fully saturated rings. The van der Waals surface area contributed by atoms with E-state index in [1.54, 1.807) is 0 Å². The van der Waals surface area contributed by atoms with Gasteiger partial charge in [0.2, 0.25) is 0 Å². The van der Waals surface area contributed by atoms with E-state index in [0.717, 1.165) is 38.5 Å². The van der Waals surface area contributed by atoms with Gasteiger partial charge in [-0.1, -0.05) is 51.2 Å². The van der Waals surface area contributed by atoms with Crippen LogP contribution in [0.15, 0.2) is 23.0 Å². The first-order chi connectivity index (χ1) is 10.4. The van der Waals surface area contributed by atoms with Crippen molar-refractivity contribution >= 4 is 19.7 Å². The molecule has 22 heavy (non-hydrogen) atoms. The molecule has 2 rings (SSSR count). The second-order valence-corrected chi connectivity index (χ2v) is 11.0. The fourth-order valence-corrected chi connectivity index (χ4v) is 8.78. The maximum atomic E-state index is 12.9. The summed E-state index contributed by atoms with van der Waals surface area (Å²) in [5.74, 6) is 0. The summed E-state index contributed by atoms with van der Waals surface area (Å²) < 4.78 is 51.1. The molecular weight excluding hydrogens is 320 g/mol. The third-order valence-electron chi connectivity index (χ3n) is 4.80. The highest BCUT2D eigenvalue weighted by molar-refractivity contribution is 8.14. The van der Waals surface area contributed by atoms with Gasteiger partial charge in [-0.05, 0) is 31.8 Å². The largest absolute Gasteiger partial charge is 0.223 e. The maximum absolute atomic E-state index is 12.9. The molecule has 0 atom stereocenters. The van der Waals surface area contributed by atoms with Crippen molar-refractivity contribution in [3.63, 3.8) is 0 Å². The third-order valence-corrected chi connectivity index (χ3v) is 10.3. The van der Waals surface area contributed by atoms with Crippen molar-refractivity contribution < 1.29 is 16.8 Å². The summed E-state index contributed by atoms with van der Waals surface area (Å²) in [7, 11) is -7.58. The summed E-state index contributed by atoms with van der Waals surface area (Å²) in [5.41, 5.74) is 0. The van der Waals surface area contributed by atoms with Gasteiger partial charge in [-0.2, -0.15) is 0 Å². The summed E-state index contributed by atoms with van der Waals surface area (Å²) in [4.78, 5) is 0. The van der Waals surface area contributed by atoms with Crippen molar-refractivity contribution in [3.8, 4) is 0 Å². The molecule has 0 aromatic rings. The molecule has 0 heterocycles. The average Bonchev–Trinajstić information content (AvgIpc) is 2.54. The van der Waals surface area contributed by atoms with Crippen LogP contribution in [0.2, 0.25) is 0 Å². The van der Waals surface area contributed by atoms with Crippen LogP contribution in [0.3, 0.4) is 0 Å². The second-order valence-electron chi connectivity index (χ2n) is 6.33. The predicted molar refractivity (Wildman–Crippen MR) is 89.9 cm³/mol. The van der Waals surface area contributed by atoms with E-state index < -0.39 is 30.2 Å². The van der Waals surface area contributed by atoms with E-state index in [1.165, 1.54) is 12.2 Å². The average molecular weight is 347 g/mol. The molecule has 126 valence electrons. The van der Waals surface area contributed by atoms with Crippen molar-refractivity contribution in [2.45, 2.75) is 74.7 Å². The fourth-order valence-electron chi connectivity index (χ4n) is 3.53. The molecule has 2 aliphatic carbocycles. The van der Waals surface area contributed by atoms with E-state index in [9.17, 15) is 16.8 Å². The summed E-state index contributed by atoms with van der Waals surface area (Å²) in [5, 5.41) is -1.10. The molecule has 0 amide bonds. The van der Waals surface area contributed by atoms with Gasteiger partial charge in [0.15, 0.2) is 23.9 Å². The lowest BCUT2D eigenvalue weighted by molar-refractivity contribution is 0.482. The molecular formula is C16H26O4S2. The fraction of sp³-hybridized carbons (Fsp3) is 0.750. The Balaban J connectivity index is 2.36. The molecule has 0 bridgehead atoms. The van der Waals surface area contributed by atoms with Gasteiger partial charge in [0.05, 0.1) is 10.5 Å². The summed E-state index contributed by atoms with van der Waals surface area (Å²) in [6, 6.07) is 0. The Morgan fingerprint density at radius 1 is 0.727 bits per heavy atom. The van der Waals surface area contributed by atoms with Gasteiger partial charge in [0, 0.05) is 0 Å². The summed E-state index contributed by atoms with van der Waals surface area (Å²) in [6.07, 6.45) is 10.2. The molecule has 0 aromatic heterocycles. The van der Waals surface area contributed by atoms with E-state index in [1.807, 2.05) is 0 Å². The molecule has 0 N–H and O–H groups in total. The minimum absolute atomic E-state index is 0.381. The first kappa shape index (κ1) is 17.7. The first-order valence-corrected chi connectivity index (χ1v) is 11.3. The van der Waals surface area contributed by atoms with Crippen LogP contribution in [0.4, 0.5) is 0 Å². The van der Waals surface area contributed by atoms with Crippen LogP contribution in [0, 0.1) is 0 Å². The number of rotatable bonds is 5. The Labute approximate surface area is 134 Å². The summed E-state index contributed by atoms with van der Waals surface area (Å²) in [6.45, 7) is 3.51. The quantitative estimate of drug-likeness (QED) is 0.714. The number of hydrogen-bond acceptors (Lipinski definition) is 4. The van der Waals surface area contributed by atoms with Crippen LogP contribution in [0.5, 0.6) is 0 Å². The zero-order valence-electron chi connectivity index (χ0n) is 13.0. The van der Waals surface area contributed by atoms with Crippen LogP contribution in [-0.2, 0) is 19.7 Å². The molecule has 6 heteroatoms. The number of sulfone groups is 2. The van der Waals surface area contributed by atoms with E-state index in [4.69, 9.17) is 0 Å². The van der Waals surface area contributed by atoms with Crippen LogP contribution >= 0.6 is 0 Å². The van der Waals surface area contributed by atoms with Gasteiger partial charge < -0.3 is 0 Å². The van der Waals surface area contributed by atoms with Crippen LogP contribution in [0.25, 0.3) is 0 Å². The van der Waals surface area contributed by atoms with Gasteiger partial charge in [-0.15, -0.1) is 0 Å². The summed E-state index contributed by atoms with van der Waals surface area (Å²) >= 11 is 0. The van der Waals surface area contributed by atoms with Crippen molar-refractivity contribution in [2.24, 2.45) is 0 Å². The standard InChI is InChI=1S/C16H26O4S2/c1-2-9-16(21(17,18)14-10-5-3-6-11-14)22(19,20)15-12-7-4-8-13-15/h2,9,14-15H,1,3-8,10-13H2. The van der Waals surface area contributed by atoms with Crippen molar-refractivity contribution in [1.82, 2.24) is 0 Å². The lowest BCUT2D eigenvalue weighted by Crippen LogP contribution is -2.33. The van der Waals surface area contributed by atoms with Gasteiger partial charge in [-0.3, -0.25) is 0 Å². The SMILES string of the molecule is C=CC=C(S(=O)(=O)C1CCCCC1)S(=O)(=O)C1CCCCC1. The lowest BCUT2D eigenvalue weighted by Gasteiger charge is -2.26. The van der Waals surface area contributed by atoms with Gasteiger partial charge in [0.25, 0.3) is 0 Å². The highest BCUT2D eigenvalue weighted by Crippen LogP contribution is 2.35. The van der Waals surface area contributed by atoms with E-state index in [2.05, 4.69) is 6.58 Å². The highest BCUT2D eigenvalue weighted by atomic mass is 32.3. The molecule has 0 aliphatic heterocycles. The van der Waals surface area contributed by atoms with Gasteiger partial charge in [-0.25, -0.2) is 16.8 Å². The zero-order valence-corrected chi connectivity index (χ0v) is 14.7. The Hall–Kier alpha value is -0.620. The van der Waals surface area contributed by atoms with Gasteiger partial charge >= 0.3 is 0 Å². The Kier molecular flexibility index (Phi) is 5.88. The molecule has 2 aliphatic rings. The van der Waals surface area contributed by atoms with Crippen molar-refractivity contribution in [2.75, 3.05) is 0 Å². The molecule has 0 unspecified atom stereocenters. The maximum Gasteiger partial charge on any atom is 0.192 e. The van der Waals surface area contributed by atoms with Crippen molar-refractivity contribution in [1.29, 1.82) is 0 Å². The molecule has 2 saturated carbocycles. The zero-order chi connectivity index (χ0) is 16.2. The Morgan fingerprint density at radius 3 is 1.41 bits per heavy atom. The monoisotopic (exact) mass is 346 g/mol. The van der Waals surface area contributed by atoms with Crippen LogP contribution < -0.4 is 0 Å². The molecule has 0 aromatic carbocycles. The Morgan fingerprint density at radius 2 is 1.09 bits per heavy atom. The van der Waals surface area contributed by atoms with E-state index >= 15 is 0 Å². The van der Waals surface area contributed by atoms with Crippen molar-refractivity contribution in [3.05, 3.63) is 23.0 Å². The van der Waals surface area contributed by atoms with Crippen LogP contribution in [-0.4, -0.2) is 27.3 Å². The smallest absolute Gasteiger partial charge is 0.192 e. The van der Waals surface area contributed by atoms with E-state index in [0.29, 0.717) is 25.7 Å². The number of hydrogen-bond donors (Lipinski definition) is 0. The molecule has 0 saturated heterocycles. The molecule has 0 spiro atoms. The van der Waals surface area contributed by atoms with Crippen LogP contribution in [0.1, 0.15) is 64.2 Å². The van der Waals surface area contributed by atoms with Gasteiger partial charge in [0.1, 0.15) is 0 Å². The second kappa shape index (κ2) is 7.30. The minimum atomic E-state index is -3.79. The normalized spacial score (nSPS) is 22.2.